The molecular formula is C26H27F3O2. The van der Waals surface area contributed by atoms with Crippen molar-refractivity contribution in [1.29, 1.82) is 0 Å². The van der Waals surface area contributed by atoms with Crippen molar-refractivity contribution < 1.29 is 22.6 Å². The highest BCUT2D eigenvalue weighted by Crippen LogP contribution is 2.28. The molecule has 0 heterocycles. The predicted octanol–water partition coefficient (Wildman–Crippen LogP) is 7.48. The van der Waals surface area contributed by atoms with E-state index in [0.717, 1.165) is 24.8 Å². The fraction of sp³-hybridized carbons (Fsp3) is 0.308. The highest BCUT2D eigenvalue weighted by Gasteiger charge is 2.14. The lowest BCUT2D eigenvalue weighted by Gasteiger charge is -2.11. The SMILES string of the molecule is CCCCCc1ccc(COc2ccc(-c3ccc(OCC)c(F)c3)cc2)c(F)c1F. The summed E-state index contributed by atoms with van der Waals surface area (Å²) in [6.45, 7) is 4.19. The predicted molar refractivity (Wildman–Crippen MR) is 117 cm³/mol. The maximum atomic E-state index is 14.4. The molecular weight excluding hydrogens is 401 g/mol. The Balaban J connectivity index is 1.64. The summed E-state index contributed by atoms with van der Waals surface area (Å²) in [7, 11) is 0. The number of halogens is 3. The first-order valence-corrected chi connectivity index (χ1v) is 10.6. The van der Waals surface area contributed by atoms with Crippen LogP contribution in [0, 0.1) is 17.5 Å². The van der Waals surface area contributed by atoms with E-state index in [0.29, 0.717) is 29.9 Å². The van der Waals surface area contributed by atoms with Crippen molar-refractivity contribution in [2.45, 2.75) is 46.1 Å². The maximum absolute atomic E-state index is 14.4. The van der Waals surface area contributed by atoms with Crippen LogP contribution in [-0.4, -0.2) is 6.61 Å². The van der Waals surface area contributed by atoms with E-state index in [1.165, 1.54) is 6.07 Å². The number of ether oxygens (including phenoxy) is 2. The van der Waals surface area contributed by atoms with E-state index < -0.39 is 17.5 Å². The summed E-state index contributed by atoms with van der Waals surface area (Å²) in [5, 5.41) is 0. The first-order chi connectivity index (χ1) is 15.0. The summed E-state index contributed by atoms with van der Waals surface area (Å²) in [5.74, 6) is -1.32. The van der Waals surface area contributed by atoms with Crippen LogP contribution in [-0.2, 0) is 13.0 Å². The molecule has 0 aliphatic heterocycles. The third kappa shape index (κ3) is 5.81. The van der Waals surface area contributed by atoms with Gasteiger partial charge in [0.1, 0.15) is 12.4 Å². The van der Waals surface area contributed by atoms with Crippen molar-refractivity contribution in [2.24, 2.45) is 0 Å². The van der Waals surface area contributed by atoms with Gasteiger partial charge in [-0.05, 0) is 60.7 Å². The van der Waals surface area contributed by atoms with Crippen LogP contribution in [0.25, 0.3) is 11.1 Å². The van der Waals surface area contributed by atoms with Crippen molar-refractivity contribution in [3.8, 4) is 22.6 Å². The molecule has 0 bridgehead atoms. The molecule has 5 heteroatoms. The molecule has 0 aliphatic carbocycles. The minimum Gasteiger partial charge on any atom is -0.491 e. The Kier molecular flexibility index (Phi) is 7.99. The van der Waals surface area contributed by atoms with Gasteiger partial charge in [-0.15, -0.1) is 0 Å². The lowest BCUT2D eigenvalue weighted by Crippen LogP contribution is -2.03. The summed E-state index contributed by atoms with van der Waals surface area (Å²) < 4.78 is 53.6. The van der Waals surface area contributed by atoms with Gasteiger partial charge in [-0.1, -0.05) is 50.1 Å². The zero-order valence-electron chi connectivity index (χ0n) is 17.9. The van der Waals surface area contributed by atoms with Crippen LogP contribution in [0.2, 0.25) is 0 Å². The third-order valence-electron chi connectivity index (χ3n) is 5.11. The van der Waals surface area contributed by atoms with E-state index in [2.05, 4.69) is 6.92 Å². The Labute approximate surface area is 181 Å². The molecule has 0 saturated heterocycles. The summed E-state index contributed by atoms with van der Waals surface area (Å²) in [6.07, 6.45) is 3.40. The quantitative estimate of drug-likeness (QED) is 0.312. The lowest BCUT2D eigenvalue weighted by atomic mass is 10.0. The Hall–Kier alpha value is -2.95. The molecule has 0 N–H and O–H groups in total. The molecule has 164 valence electrons. The molecule has 0 saturated carbocycles. The molecule has 0 atom stereocenters. The van der Waals surface area contributed by atoms with Gasteiger partial charge in [-0.3, -0.25) is 0 Å². The second-order valence-corrected chi connectivity index (χ2v) is 7.36. The van der Waals surface area contributed by atoms with Crippen LogP contribution in [0.3, 0.4) is 0 Å². The molecule has 2 nitrogen and oxygen atoms in total. The number of rotatable bonds is 10. The molecule has 0 aliphatic rings. The van der Waals surface area contributed by atoms with Crippen molar-refractivity contribution in [3.63, 3.8) is 0 Å². The average Bonchev–Trinajstić information content (AvgIpc) is 2.78. The number of hydrogen-bond acceptors (Lipinski definition) is 2. The normalized spacial score (nSPS) is 10.9. The molecule has 3 rings (SSSR count). The van der Waals surface area contributed by atoms with Gasteiger partial charge in [-0.2, -0.15) is 0 Å². The molecule has 3 aromatic carbocycles. The van der Waals surface area contributed by atoms with E-state index in [4.69, 9.17) is 9.47 Å². The van der Waals surface area contributed by atoms with Crippen LogP contribution in [0.15, 0.2) is 54.6 Å². The van der Waals surface area contributed by atoms with Gasteiger partial charge in [0.25, 0.3) is 0 Å². The fourth-order valence-corrected chi connectivity index (χ4v) is 3.36. The minimum absolute atomic E-state index is 0.0744. The van der Waals surface area contributed by atoms with Gasteiger partial charge in [0.2, 0.25) is 0 Å². The molecule has 3 aromatic rings. The maximum Gasteiger partial charge on any atom is 0.165 e. The Bertz CT molecular complexity index is 1000. The second kappa shape index (κ2) is 10.9. The van der Waals surface area contributed by atoms with Gasteiger partial charge in [0.05, 0.1) is 6.61 Å². The van der Waals surface area contributed by atoms with Crippen LogP contribution >= 0.6 is 0 Å². The summed E-state index contributed by atoms with van der Waals surface area (Å²) in [4.78, 5) is 0. The standard InChI is InChI=1S/C26H27F3O2/c1-3-5-6-7-19-8-9-21(26(29)25(19)28)17-31-22-13-10-18(11-14-22)20-12-15-24(30-4-2)23(27)16-20/h8-16H,3-7,17H2,1-2H3. The smallest absolute Gasteiger partial charge is 0.165 e. The molecule has 31 heavy (non-hydrogen) atoms. The number of aryl methyl sites for hydroxylation is 1. The molecule has 0 aromatic heterocycles. The topological polar surface area (TPSA) is 18.5 Å². The zero-order valence-corrected chi connectivity index (χ0v) is 17.9. The molecule has 0 radical (unpaired) electrons. The van der Waals surface area contributed by atoms with Gasteiger partial charge >= 0.3 is 0 Å². The fourth-order valence-electron chi connectivity index (χ4n) is 3.36. The summed E-state index contributed by atoms with van der Waals surface area (Å²) in [5.41, 5.74) is 2.10. The Morgan fingerprint density at radius 1 is 0.710 bits per heavy atom. The second-order valence-electron chi connectivity index (χ2n) is 7.36. The molecule has 0 spiro atoms. The monoisotopic (exact) mass is 428 g/mol. The zero-order chi connectivity index (χ0) is 22.2. The Morgan fingerprint density at radius 2 is 1.39 bits per heavy atom. The van der Waals surface area contributed by atoms with Crippen LogP contribution in [0.4, 0.5) is 13.2 Å². The van der Waals surface area contributed by atoms with E-state index in [1.807, 2.05) is 0 Å². The van der Waals surface area contributed by atoms with E-state index >= 15 is 0 Å². The lowest BCUT2D eigenvalue weighted by molar-refractivity contribution is 0.297. The van der Waals surface area contributed by atoms with E-state index in [1.54, 1.807) is 55.5 Å². The van der Waals surface area contributed by atoms with E-state index in [9.17, 15) is 13.2 Å². The van der Waals surface area contributed by atoms with Crippen molar-refractivity contribution in [3.05, 3.63) is 83.2 Å². The van der Waals surface area contributed by atoms with Crippen LogP contribution < -0.4 is 9.47 Å². The van der Waals surface area contributed by atoms with Crippen LogP contribution in [0.1, 0.15) is 44.2 Å². The third-order valence-corrected chi connectivity index (χ3v) is 5.11. The van der Waals surface area contributed by atoms with Gasteiger partial charge < -0.3 is 9.47 Å². The van der Waals surface area contributed by atoms with Gasteiger partial charge in [-0.25, -0.2) is 13.2 Å². The molecule has 0 amide bonds. The minimum atomic E-state index is -0.851. The average molecular weight is 428 g/mol. The van der Waals surface area contributed by atoms with Crippen molar-refractivity contribution >= 4 is 0 Å². The van der Waals surface area contributed by atoms with E-state index in [-0.39, 0.29) is 17.9 Å². The van der Waals surface area contributed by atoms with Gasteiger partial charge in [0, 0.05) is 5.56 Å². The van der Waals surface area contributed by atoms with Crippen molar-refractivity contribution in [1.82, 2.24) is 0 Å². The number of unbranched alkanes of at least 4 members (excludes halogenated alkanes) is 2. The highest BCUT2D eigenvalue weighted by molar-refractivity contribution is 5.65. The molecule has 0 fully saturated rings. The molecule has 0 unspecified atom stereocenters. The summed E-state index contributed by atoms with van der Waals surface area (Å²) >= 11 is 0. The first kappa shape index (κ1) is 22.7. The van der Waals surface area contributed by atoms with Crippen LogP contribution in [0.5, 0.6) is 11.5 Å². The highest BCUT2D eigenvalue weighted by atomic mass is 19.2. The van der Waals surface area contributed by atoms with Crippen molar-refractivity contribution in [2.75, 3.05) is 6.61 Å². The summed E-state index contributed by atoms with van der Waals surface area (Å²) in [6, 6.07) is 15.0. The first-order valence-electron chi connectivity index (χ1n) is 10.6. The number of benzene rings is 3. The largest absolute Gasteiger partial charge is 0.491 e. The number of hydrogen-bond donors (Lipinski definition) is 0. The van der Waals surface area contributed by atoms with Gasteiger partial charge in [0.15, 0.2) is 23.2 Å². The Morgan fingerprint density at radius 3 is 2.06 bits per heavy atom.